The second kappa shape index (κ2) is 4.89. The van der Waals surface area contributed by atoms with Gasteiger partial charge >= 0.3 is 0 Å². The molecule has 1 aliphatic rings. The molecule has 1 unspecified atom stereocenters. The van der Waals surface area contributed by atoms with Gasteiger partial charge in [-0.05, 0) is 13.3 Å². The van der Waals surface area contributed by atoms with Gasteiger partial charge in [0.05, 0.1) is 5.69 Å². The van der Waals surface area contributed by atoms with Gasteiger partial charge in [-0.25, -0.2) is 9.97 Å². The molecule has 88 valence electrons. The van der Waals surface area contributed by atoms with Gasteiger partial charge in [-0.1, -0.05) is 6.92 Å². The highest BCUT2D eigenvalue weighted by atomic mass is 16.5. The molecule has 0 bridgehead atoms. The van der Waals surface area contributed by atoms with Crippen LogP contribution in [0.1, 0.15) is 42.2 Å². The lowest BCUT2D eigenvalue weighted by molar-refractivity contribution is 0.0921. The Labute approximate surface area is 96.4 Å². The Morgan fingerprint density at radius 1 is 1.44 bits per heavy atom. The van der Waals surface area contributed by atoms with E-state index in [1.165, 1.54) is 11.3 Å². The second-order valence-corrected chi connectivity index (χ2v) is 4.15. The molecular weight excluding hydrogens is 202 g/mol. The van der Waals surface area contributed by atoms with Crippen molar-refractivity contribution in [3.8, 4) is 0 Å². The van der Waals surface area contributed by atoms with Gasteiger partial charge in [0.15, 0.2) is 5.82 Å². The van der Waals surface area contributed by atoms with Crippen LogP contribution in [0.5, 0.6) is 0 Å². The van der Waals surface area contributed by atoms with Gasteiger partial charge in [-0.2, -0.15) is 0 Å². The van der Waals surface area contributed by atoms with Crippen LogP contribution in [-0.4, -0.2) is 23.6 Å². The van der Waals surface area contributed by atoms with Gasteiger partial charge in [-0.3, -0.25) is 0 Å². The maximum absolute atomic E-state index is 5.39. The summed E-state index contributed by atoms with van der Waals surface area (Å²) in [6.45, 7) is 6.05. The second-order valence-electron chi connectivity index (χ2n) is 4.15. The molecule has 0 fully saturated rings. The van der Waals surface area contributed by atoms with Gasteiger partial charge in [-0.15, -0.1) is 0 Å². The van der Waals surface area contributed by atoms with Gasteiger partial charge < -0.3 is 10.1 Å². The van der Waals surface area contributed by atoms with Crippen LogP contribution in [0.2, 0.25) is 0 Å². The molecule has 4 nitrogen and oxygen atoms in total. The molecule has 0 saturated carbocycles. The minimum absolute atomic E-state index is 0.0267. The molecule has 0 spiro atoms. The monoisotopic (exact) mass is 221 g/mol. The highest BCUT2D eigenvalue weighted by Gasteiger charge is 2.18. The van der Waals surface area contributed by atoms with Crippen LogP contribution in [0, 0.1) is 6.92 Å². The van der Waals surface area contributed by atoms with Crippen LogP contribution in [0.3, 0.4) is 0 Å². The number of nitrogens with one attached hydrogen (secondary N) is 1. The normalized spacial score (nSPS) is 16.9. The summed E-state index contributed by atoms with van der Waals surface area (Å²) >= 11 is 0. The summed E-state index contributed by atoms with van der Waals surface area (Å²) in [6, 6.07) is 0. The van der Waals surface area contributed by atoms with E-state index in [1.54, 1.807) is 7.11 Å². The zero-order chi connectivity index (χ0) is 11.5. The summed E-state index contributed by atoms with van der Waals surface area (Å²) in [6.07, 6.45) is 1.93. The molecule has 16 heavy (non-hydrogen) atoms. The summed E-state index contributed by atoms with van der Waals surface area (Å²) in [5, 5.41) is 3.35. The topological polar surface area (TPSA) is 47.0 Å². The Balaban J connectivity index is 2.38. The van der Waals surface area contributed by atoms with Crippen molar-refractivity contribution >= 4 is 0 Å². The minimum atomic E-state index is 0.0267. The van der Waals surface area contributed by atoms with Crippen molar-refractivity contribution in [2.75, 3.05) is 13.7 Å². The Hall–Kier alpha value is -1.00. The van der Waals surface area contributed by atoms with E-state index in [4.69, 9.17) is 4.74 Å². The van der Waals surface area contributed by atoms with Crippen molar-refractivity contribution in [1.29, 1.82) is 0 Å². The predicted molar refractivity (Wildman–Crippen MR) is 62.2 cm³/mol. The summed E-state index contributed by atoms with van der Waals surface area (Å²) in [5.74, 6) is 0.836. The number of rotatable bonds is 3. The lowest BCUT2D eigenvalue weighted by Crippen LogP contribution is -2.27. The molecule has 1 aromatic rings. The van der Waals surface area contributed by atoms with Gasteiger partial charge in [0, 0.05) is 37.9 Å². The standard InChI is InChI=1S/C12H19N3O/c1-4-11(16-3)12-14-8(2)9-7-13-6-5-10(9)15-12/h11,13H,4-7H2,1-3H3. The highest BCUT2D eigenvalue weighted by Crippen LogP contribution is 2.21. The average molecular weight is 221 g/mol. The van der Waals surface area contributed by atoms with Crippen LogP contribution in [0.4, 0.5) is 0 Å². The molecule has 0 saturated heterocycles. The zero-order valence-corrected chi connectivity index (χ0v) is 10.2. The molecule has 0 amide bonds. The fourth-order valence-corrected chi connectivity index (χ4v) is 2.13. The quantitative estimate of drug-likeness (QED) is 0.841. The maximum Gasteiger partial charge on any atom is 0.157 e. The molecule has 1 N–H and O–H groups in total. The van der Waals surface area contributed by atoms with Crippen LogP contribution in [0.15, 0.2) is 0 Å². The molecular formula is C12H19N3O. The third kappa shape index (κ3) is 2.08. The van der Waals surface area contributed by atoms with Crippen molar-refractivity contribution in [3.63, 3.8) is 0 Å². The third-order valence-electron chi connectivity index (χ3n) is 3.10. The van der Waals surface area contributed by atoms with Gasteiger partial charge in [0.1, 0.15) is 6.10 Å². The van der Waals surface area contributed by atoms with E-state index in [0.717, 1.165) is 37.4 Å². The minimum Gasteiger partial charge on any atom is -0.373 e. The van der Waals surface area contributed by atoms with Crippen LogP contribution < -0.4 is 5.32 Å². The first-order chi connectivity index (χ1) is 7.76. The lowest BCUT2D eigenvalue weighted by atomic mass is 10.1. The molecule has 4 heteroatoms. The number of hydrogen-bond donors (Lipinski definition) is 1. The van der Waals surface area contributed by atoms with Crippen LogP contribution in [-0.2, 0) is 17.7 Å². The molecule has 2 rings (SSSR count). The molecule has 0 aliphatic carbocycles. The number of aryl methyl sites for hydroxylation is 1. The zero-order valence-electron chi connectivity index (χ0n) is 10.2. The number of methoxy groups -OCH3 is 1. The van der Waals surface area contributed by atoms with E-state index in [1.807, 2.05) is 0 Å². The number of hydrogen-bond acceptors (Lipinski definition) is 4. The first kappa shape index (κ1) is 11.5. The number of ether oxygens (including phenoxy) is 1. The van der Waals surface area contributed by atoms with Crippen molar-refractivity contribution < 1.29 is 4.74 Å². The van der Waals surface area contributed by atoms with Crippen LogP contribution >= 0.6 is 0 Å². The third-order valence-corrected chi connectivity index (χ3v) is 3.10. The Morgan fingerprint density at radius 2 is 2.25 bits per heavy atom. The Bertz CT molecular complexity index is 375. The summed E-state index contributed by atoms with van der Waals surface area (Å²) < 4.78 is 5.39. The first-order valence-electron chi connectivity index (χ1n) is 5.86. The lowest BCUT2D eigenvalue weighted by Gasteiger charge is -2.20. The predicted octanol–water partition coefficient (Wildman–Crippen LogP) is 1.53. The fourth-order valence-electron chi connectivity index (χ4n) is 2.13. The van der Waals surface area contributed by atoms with Crippen molar-refractivity contribution in [2.45, 2.75) is 39.3 Å². The molecule has 2 heterocycles. The van der Waals surface area contributed by atoms with E-state index in [-0.39, 0.29) is 6.10 Å². The van der Waals surface area contributed by atoms with Crippen molar-refractivity contribution in [2.24, 2.45) is 0 Å². The number of fused-ring (bicyclic) bond motifs is 1. The van der Waals surface area contributed by atoms with E-state index in [0.29, 0.717) is 0 Å². The Morgan fingerprint density at radius 3 is 2.94 bits per heavy atom. The summed E-state index contributed by atoms with van der Waals surface area (Å²) in [7, 11) is 1.72. The summed E-state index contributed by atoms with van der Waals surface area (Å²) in [5.41, 5.74) is 3.54. The molecule has 1 aromatic heterocycles. The average Bonchev–Trinajstić information content (AvgIpc) is 2.31. The van der Waals surface area contributed by atoms with Gasteiger partial charge in [0.2, 0.25) is 0 Å². The van der Waals surface area contributed by atoms with Gasteiger partial charge in [0.25, 0.3) is 0 Å². The van der Waals surface area contributed by atoms with E-state index in [9.17, 15) is 0 Å². The fraction of sp³-hybridized carbons (Fsp3) is 0.667. The highest BCUT2D eigenvalue weighted by molar-refractivity contribution is 5.27. The number of nitrogens with zero attached hydrogens (tertiary/aromatic N) is 2. The largest absolute Gasteiger partial charge is 0.373 e. The molecule has 0 aromatic carbocycles. The molecule has 1 aliphatic heterocycles. The first-order valence-corrected chi connectivity index (χ1v) is 5.86. The SMILES string of the molecule is CCC(OC)c1nc(C)c2c(n1)CCNC2. The maximum atomic E-state index is 5.39. The smallest absolute Gasteiger partial charge is 0.157 e. The molecule has 0 radical (unpaired) electrons. The Kier molecular flexibility index (Phi) is 3.51. The van der Waals surface area contributed by atoms with E-state index < -0.39 is 0 Å². The summed E-state index contributed by atoms with van der Waals surface area (Å²) in [4.78, 5) is 9.19. The van der Waals surface area contributed by atoms with E-state index >= 15 is 0 Å². The van der Waals surface area contributed by atoms with E-state index in [2.05, 4.69) is 29.1 Å². The molecule has 1 atom stereocenters. The van der Waals surface area contributed by atoms with Crippen molar-refractivity contribution in [3.05, 3.63) is 22.8 Å². The van der Waals surface area contributed by atoms with Crippen LogP contribution in [0.25, 0.3) is 0 Å². The number of aromatic nitrogens is 2. The van der Waals surface area contributed by atoms with Crippen molar-refractivity contribution in [1.82, 2.24) is 15.3 Å².